The van der Waals surface area contributed by atoms with E-state index in [2.05, 4.69) is 50.8 Å². The molecule has 0 spiro atoms. The molecule has 0 unspecified atom stereocenters. The Morgan fingerprint density at radius 1 is 1.00 bits per heavy atom. The molecule has 150 valence electrons. The fraction of sp³-hybridized carbons (Fsp3) is 0.174. The zero-order valence-electron chi connectivity index (χ0n) is 16.3. The van der Waals surface area contributed by atoms with E-state index < -0.39 is 5.82 Å². The van der Waals surface area contributed by atoms with Gasteiger partial charge in [-0.3, -0.25) is 0 Å². The molecule has 0 radical (unpaired) electrons. The molecule has 0 saturated carbocycles. The van der Waals surface area contributed by atoms with Gasteiger partial charge in [-0.05, 0) is 27.6 Å². The van der Waals surface area contributed by atoms with Gasteiger partial charge in [0.2, 0.25) is 5.95 Å². The van der Waals surface area contributed by atoms with Crippen molar-refractivity contribution < 1.29 is 9.13 Å². The summed E-state index contributed by atoms with van der Waals surface area (Å²) in [5.74, 6) is 0.0618. The minimum absolute atomic E-state index is 0.249. The number of nitrogens with zero attached hydrogens (tertiary/aromatic N) is 4. The average Bonchev–Trinajstić information content (AvgIpc) is 2.80. The minimum Gasteiger partial charge on any atom is -0.378 e. The van der Waals surface area contributed by atoms with Crippen LogP contribution in [-0.2, 0) is 4.74 Å². The predicted molar refractivity (Wildman–Crippen MR) is 118 cm³/mol. The van der Waals surface area contributed by atoms with Crippen LogP contribution in [0.3, 0.4) is 0 Å². The summed E-state index contributed by atoms with van der Waals surface area (Å²) in [7, 11) is 0. The maximum atomic E-state index is 14.2. The van der Waals surface area contributed by atoms with Crippen LogP contribution in [0, 0.1) is 5.82 Å². The Morgan fingerprint density at radius 2 is 1.67 bits per heavy atom. The van der Waals surface area contributed by atoms with E-state index in [0.717, 1.165) is 27.1 Å². The molecule has 1 aliphatic rings. The van der Waals surface area contributed by atoms with Crippen molar-refractivity contribution in [3.8, 4) is 0 Å². The average molecular weight is 401 g/mol. The molecule has 0 aliphatic carbocycles. The Morgan fingerprint density at radius 3 is 2.37 bits per heavy atom. The normalized spacial score (nSPS) is 14.6. The second-order valence-electron chi connectivity index (χ2n) is 7.07. The van der Waals surface area contributed by atoms with Crippen LogP contribution in [0.1, 0.15) is 5.56 Å². The summed E-state index contributed by atoms with van der Waals surface area (Å²) in [6.45, 7) is 2.30. The van der Waals surface area contributed by atoms with Crippen LogP contribution in [-0.4, -0.2) is 42.5 Å². The second kappa shape index (κ2) is 8.04. The number of hydrazone groups is 1. The van der Waals surface area contributed by atoms with Crippen molar-refractivity contribution >= 4 is 39.5 Å². The Kier molecular flexibility index (Phi) is 4.94. The zero-order valence-corrected chi connectivity index (χ0v) is 16.3. The summed E-state index contributed by atoms with van der Waals surface area (Å²) in [6.07, 6.45) is 2.94. The molecular formula is C23H20FN5O. The van der Waals surface area contributed by atoms with E-state index in [1.807, 2.05) is 29.2 Å². The van der Waals surface area contributed by atoms with Crippen LogP contribution in [0.25, 0.3) is 21.5 Å². The number of ether oxygens (including phenoxy) is 1. The molecule has 1 aromatic heterocycles. The summed E-state index contributed by atoms with van der Waals surface area (Å²) in [5.41, 5.74) is 3.86. The van der Waals surface area contributed by atoms with Gasteiger partial charge in [-0.1, -0.05) is 48.5 Å². The number of halogens is 1. The lowest BCUT2D eigenvalue weighted by atomic mass is 9.97. The Bertz CT molecular complexity index is 1180. The molecule has 0 amide bonds. The molecule has 3 aromatic carbocycles. The summed E-state index contributed by atoms with van der Waals surface area (Å²) in [4.78, 5) is 10.2. The first kappa shape index (κ1) is 18.4. The van der Waals surface area contributed by atoms with Crippen molar-refractivity contribution in [2.45, 2.75) is 0 Å². The molecule has 6 nitrogen and oxygen atoms in total. The summed E-state index contributed by atoms with van der Waals surface area (Å²) < 4.78 is 19.5. The van der Waals surface area contributed by atoms with Gasteiger partial charge in [0.25, 0.3) is 0 Å². The lowest BCUT2D eigenvalue weighted by Gasteiger charge is -2.27. The van der Waals surface area contributed by atoms with E-state index in [1.54, 1.807) is 6.21 Å². The number of rotatable bonds is 4. The fourth-order valence-electron chi connectivity index (χ4n) is 3.75. The summed E-state index contributed by atoms with van der Waals surface area (Å²) >= 11 is 0. The van der Waals surface area contributed by atoms with Gasteiger partial charge in [-0.15, -0.1) is 0 Å². The zero-order chi connectivity index (χ0) is 20.3. The third-order valence-electron chi connectivity index (χ3n) is 5.21. The molecule has 1 fully saturated rings. The number of morpholine rings is 1. The van der Waals surface area contributed by atoms with Crippen LogP contribution in [0.5, 0.6) is 0 Å². The fourth-order valence-corrected chi connectivity index (χ4v) is 3.75. The first-order valence-corrected chi connectivity index (χ1v) is 9.84. The Labute approximate surface area is 173 Å². The number of hydrogen-bond donors (Lipinski definition) is 1. The van der Waals surface area contributed by atoms with Crippen molar-refractivity contribution in [3.63, 3.8) is 0 Å². The van der Waals surface area contributed by atoms with Gasteiger partial charge in [0.05, 0.1) is 25.6 Å². The third-order valence-corrected chi connectivity index (χ3v) is 5.21. The SMILES string of the molecule is Fc1cnc(NN=Cc2c3ccccc3cc3ccccc23)nc1N1CCOCC1. The van der Waals surface area contributed by atoms with Gasteiger partial charge in [-0.2, -0.15) is 10.1 Å². The molecule has 0 atom stereocenters. The largest absolute Gasteiger partial charge is 0.378 e. The highest BCUT2D eigenvalue weighted by Crippen LogP contribution is 2.27. The summed E-state index contributed by atoms with van der Waals surface area (Å²) in [6, 6.07) is 18.6. The van der Waals surface area contributed by atoms with Gasteiger partial charge >= 0.3 is 0 Å². The monoisotopic (exact) mass is 401 g/mol. The van der Waals surface area contributed by atoms with E-state index in [4.69, 9.17) is 4.74 Å². The summed E-state index contributed by atoms with van der Waals surface area (Å²) in [5, 5.41) is 8.86. The molecule has 2 heterocycles. The first-order chi connectivity index (χ1) is 14.8. The molecule has 5 rings (SSSR count). The van der Waals surface area contributed by atoms with Crippen LogP contribution >= 0.6 is 0 Å². The van der Waals surface area contributed by atoms with Crippen molar-refractivity contribution in [2.24, 2.45) is 5.10 Å². The van der Waals surface area contributed by atoms with Gasteiger partial charge in [-0.25, -0.2) is 14.8 Å². The second-order valence-corrected chi connectivity index (χ2v) is 7.07. The van der Waals surface area contributed by atoms with Crippen LogP contribution < -0.4 is 10.3 Å². The van der Waals surface area contributed by atoms with Crippen LogP contribution in [0.2, 0.25) is 0 Å². The van der Waals surface area contributed by atoms with E-state index >= 15 is 0 Å². The van der Waals surface area contributed by atoms with Crippen LogP contribution in [0.4, 0.5) is 16.2 Å². The maximum absolute atomic E-state index is 14.2. The van der Waals surface area contributed by atoms with Crippen molar-refractivity contribution in [1.29, 1.82) is 0 Å². The standard InChI is InChI=1S/C23H20FN5O/c24-21-15-25-23(27-22(21)29-9-11-30-12-10-29)28-26-14-20-18-7-3-1-5-16(18)13-17-6-2-4-8-19(17)20/h1-8,13-15H,9-12H2,(H,25,27,28). The number of hydrogen-bond acceptors (Lipinski definition) is 6. The number of fused-ring (bicyclic) bond motifs is 2. The molecular weight excluding hydrogens is 381 g/mol. The molecule has 0 bridgehead atoms. The predicted octanol–water partition coefficient (Wildman–Crippen LogP) is 4.20. The highest BCUT2D eigenvalue weighted by molar-refractivity contribution is 6.13. The van der Waals surface area contributed by atoms with E-state index in [1.165, 1.54) is 6.20 Å². The van der Waals surface area contributed by atoms with E-state index in [-0.39, 0.29) is 11.8 Å². The Hall–Kier alpha value is -3.58. The molecule has 7 heteroatoms. The highest BCUT2D eigenvalue weighted by Gasteiger charge is 2.17. The van der Waals surface area contributed by atoms with Gasteiger partial charge < -0.3 is 9.64 Å². The number of nitrogens with one attached hydrogen (secondary N) is 1. The van der Waals surface area contributed by atoms with E-state index in [0.29, 0.717) is 26.3 Å². The van der Waals surface area contributed by atoms with Gasteiger partial charge in [0.15, 0.2) is 11.6 Å². The van der Waals surface area contributed by atoms with Crippen molar-refractivity contribution in [1.82, 2.24) is 9.97 Å². The van der Waals surface area contributed by atoms with Gasteiger partial charge in [0, 0.05) is 18.7 Å². The number of benzene rings is 3. The number of aromatic nitrogens is 2. The lowest BCUT2D eigenvalue weighted by molar-refractivity contribution is 0.122. The lowest BCUT2D eigenvalue weighted by Crippen LogP contribution is -2.37. The highest BCUT2D eigenvalue weighted by atomic mass is 19.1. The topological polar surface area (TPSA) is 62.6 Å². The van der Waals surface area contributed by atoms with Crippen molar-refractivity contribution in [3.05, 3.63) is 72.2 Å². The number of anilines is 2. The smallest absolute Gasteiger partial charge is 0.245 e. The molecule has 1 N–H and O–H groups in total. The van der Waals surface area contributed by atoms with Gasteiger partial charge in [0.1, 0.15) is 0 Å². The third kappa shape index (κ3) is 3.55. The van der Waals surface area contributed by atoms with E-state index in [9.17, 15) is 4.39 Å². The van der Waals surface area contributed by atoms with Crippen LogP contribution in [0.15, 0.2) is 65.9 Å². The maximum Gasteiger partial charge on any atom is 0.245 e. The minimum atomic E-state index is -0.452. The molecule has 4 aromatic rings. The first-order valence-electron chi connectivity index (χ1n) is 9.84. The molecule has 30 heavy (non-hydrogen) atoms. The quantitative estimate of drug-likeness (QED) is 0.315. The molecule has 1 aliphatic heterocycles. The Balaban J connectivity index is 1.47. The van der Waals surface area contributed by atoms with Crippen molar-refractivity contribution in [2.75, 3.05) is 36.6 Å². The molecule has 1 saturated heterocycles.